The van der Waals surface area contributed by atoms with Gasteiger partial charge in [0.25, 0.3) is 0 Å². The van der Waals surface area contributed by atoms with Crippen LogP contribution in [0.3, 0.4) is 0 Å². The fourth-order valence-corrected chi connectivity index (χ4v) is 0.422. The molecule has 2 heteroatoms. The highest BCUT2D eigenvalue weighted by atomic mass is 79.9. The average Bonchev–Trinajstić information content (AvgIpc) is 1.59. The molecular formula is C7H16BrN. The predicted octanol–water partition coefficient (Wildman–Crippen LogP) is -1.38. The Morgan fingerprint density at radius 2 is 1.67 bits per heavy atom. The van der Waals surface area contributed by atoms with Crippen molar-refractivity contribution in [1.82, 2.24) is 0 Å². The van der Waals surface area contributed by atoms with Crippen molar-refractivity contribution >= 4 is 0 Å². The molecule has 0 aromatic heterocycles. The van der Waals surface area contributed by atoms with Crippen LogP contribution in [0.2, 0.25) is 0 Å². The monoisotopic (exact) mass is 193 g/mol. The molecule has 0 bridgehead atoms. The van der Waals surface area contributed by atoms with Crippen LogP contribution in [0, 0.1) is 0 Å². The van der Waals surface area contributed by atoms with Crippen LogP contribution >= 0.6 is 0 Å². The molecular weight excluding hydrogens is 178 g/mol. The lowest BCUT2D eigenvalue weighted by molar-refractivity contribution is -0.817. The van der Waals surface area contributed by atoms with E-state index in [0.717, 1.165) is 10.9 Å². The van der Waals surface area contributed by atoms with Gasteiger partial charge >= 0.3 is 0 Å². The largest absolute Gasteiger partial charge is 1.00 e. The van der Waals surface area contributed by atoms with Gasteiger partial charge in [0.2, 0.25) is 0 Å². The van der Waals surface area contributed by atoms with Gasteiger partial charge in [-0.05, 0) is 12.5 Å². The average molecular weight is 194 g/mol. The van der Waals surface area contributed by atoms with Gasteiger partial charge in [-0.3, -0.25) is 0 Å². The first-order valence-corrected chi connectivity index (χ1v) is 3.05. The molecule has 0 rings (SSSR count). The molecule has 0 amide bonds. The van der Waals surface area contributed by atoms with Crippen LogP contribution < -0.4 is 17.0 Å². The summed E-state index contributed by atoms with van der Waals surface area (Å²) in [5.41, 5.74) is 0. The number of halogens is 1. The minimum absolute atomic E-state index is 0. The number of hydrogen-bond acceptors (Lipinski definition) is 0. The SMILES string of the molecule is CCC=C[N+](C)(C)C.[Br-]. The van der Waals surface area contributed by atoms with E-state index < -0.39 is 0 Å². The third-order valence-corrected chi connectivity index (χ3v) is 0.788. The van der Waals surface area contributed by atoms with Gasteiger partial charge in [-0.15, -0.1) is 0 Å². The smallest absolute Gasteiger partial charge is 0.0911 e. The summed E-state index contributed by atoms with van der Waals surface area (Å²) in [6, 6.07) is 0. The Balaban J connectivity index is 0. The maximum atomic E-state index is 2.18. The van der Waals surface area contributed by atoms with Gasteiger partial charge in [0, 0.05) is 0 Å². The van der Waals surface area contributed by atoms with Crippen molar-refractivity contribution in [2.24, 2.45) is 0 Å². The van der Waals surface area contributed by atoms with Crippen LogP contribution in [0.25, 0.3) is 0 Å². The Hall–Kier alpha value is 0.180. The lowest BCUT2D eigenvalue weighted by atomic mass is 10.4. The van der Waals surface area contributed by atoms with E-state index in [1.807, 2.05) is 0 Å². The number of rotatable bonds is 2. The van der Waals surface area contributed by atoms with E-state index >= 15 is 0 Å². The Labute approximate surface area is 68.7 Å². The van der Waals surface area contributed by atoms with Crippen molar-refractivity contribution in [3.63, 3.8) is 0 Å². The summed E-state index contributed by atoms with van der Waals surface area (Å²) < 4.78 is 0.924. The second-order valence-corrected chi connectivity index (χ2v) is 2.91. The van der Waals surface area contributed by atoms with Crippen molar-refractivity contribution in [3.05, 3.63) is 12.3 Å². The lowest BCUT2D eigenvalue weighted by Crippen LogP contribution is -3.00. The van der Waals surface area contributed by atoms with E-state index in [1.54, 1.807) is 0 Å². The quantitative estimate of drug-likeness (QED) is 0.475. The van der Waals surface area contributed by atoms with Gasteiger partial charge in [-0.1, -0.05) is 6.92 Å². The van der Waals surface area contributed by atoms with E-state index in [-0.39, 0.29) is 17.0 Å². The molecule has 0 radical (unpaired) electrons. The topological polar surface area (TPSA) is 0 Å². The predicted molar refractivity (Wildman–Crippen MR) is 37.5 cm³/mol. The van der Waals surface area contributed by atoms with Crippen LogP contribution in [0.1, 0.15) is 13.3 Å². The third kappa shape index (κ3) is 11.6. The van der Waals surface area contributed by atoms with Gasteiger partial charge in [-0.2, -0.15) is 0 Å². The van der Waals surface area contributed by atoms with Gasteiger partial charge in [0.1, 0.15) is 0 Å². The summed E-state index contributed by atoms with van der Waals surface area (Å²) in [7, 11) is 6.44. The zero-order valence-corrected chi connectivity index (χ0v) is 8.27. The Morgan fingerprint density at radius 1 is 1.22 bits per heavy atom. The highest BCUT2D eigenvalue weighted by Gasteiger charge is 1.96. The van der Waals surface area contributed by atoms with E-state index in [0.29, 0.717) is 0 Å². The molecule has 0 aliphatic heterocycles. The molecule has 0 aromatic carbocycles. The van der Waals surface area contributed by atoms with Crippen LogP contribution in [0.4, 0.5) is 0 Å². The summed E-state index contributed by atoms with van der Waals surface area (Å²) in [6.45, 7) is 2.14. The zero-order chi connectivity index (χ0) is 6.62. The van der Waals surface area contributed by atoms with Crippen molar-refractivity contribution in [3.8, 4) is 0 Å². The van der Waals surface area contributed by atoms with Crippen LogP contribution in [0.15, 0.2) is 12.3 Å². The molecule has 0 heterocycles. The van der Waals surface area contributed by atoms with Crippen molar-refractivity contribution in [1.29, 1.82) is 0 Å². The zero-order valence-electron chi connectivity index (χ0n) is 6.69. The van der Waals surface area contributed by atoms with Crippen LogP contribution in [-0.4, -0.2) is 25.6 Å². The van der Waals surface area contributed by atoms with Crippen molar-refractivity contribution in [2.75, 3.05) is 21.1 Å². The van der Waals surface area contributed by atoms with E-state index in [4.69, 9.17) is 0 Å². The lowest BCUT2D eigenvalue weighted by Gasteiger charge is -2.16. The molecule has 0 saturated heterocycles. The number of quaternary nitrogens is 1. The highest BCUT2D eigenvalue weighted by molar-refractivity contribution is 4.69. The maximum absolute atomic E-state index is 2.18. The summed E-state index contributed by atoms with van der Waals surface area (Å²) in [6.07, 6.45) is 5.50. The number of allylic oxidation sites excluding steroid dienone is 1. The minimum atomic E-state index is 0. The van der Waals surface area contributed by atoms with E-state index in [1.165, 1.54) is 0 Å². The Bertz CT molecular complexity index is 81.4. The van der Waals surface area contributed by atoms with Crippen molar-refractivity contribution < 1.29 is 21.5 Å². The standard InChI is InChI=1S/C7H16N.BrH/c1-5-6-7-8(2,3)4;/h6-7H,5H2,1-4H3;1H/q+1;/p-1. The molecule has 0 saturated carbocycles. The molecule has 0 unspecified atom stereocenters. The van der Waals surface area contributed by atoms with Crippen LogP contribution in [-0.2, 0) is 0 Å². The highest BCUT2D eigenvalue weighted by Crippen LogP contribution is 1.91. The molecule has 0 aliphatic carbocycles. The summed E-state index contributed by atoms with van der Waals surface area (Å²) in [4.78, 5) is 0. The fourth-order valence-electron chi connectivity index (χ4n) is 0.422. The third-order valence-electron chi connectivity index (χ3n) is 0.788. The number of hydrogen-bond donors (Lipinski definition) is 0. The summed E-state index contributed by atoms with van der Waals surface area (Å²) in [5.74, 6) is 0. The maximum Gasteiger partial charge on any atom is 0.0911 e. The van der Waals surface area contributed by atoms with Gasteiger partial charge < -0.3 is 21.5 Å². The van der Waals surface area contributed by atoms with E-state index in [2.05, 4.69) is 40.3 Å². The first kappa shape index (κ1) is 11.9. The van der Waals surface area contributed by atoms with Gasteiger partial charge in [-0.25, -0.2) is 0 Å². The Kier molecular flexibility index (Phi) is 6.62. The minimum Gasteiger partial charge on any atom is -1.00 e. The molecule has 0 aliphatic rings. The molecule has 9 heavy (non-hydrogen) atoms. The molecule has 56 valence electrons. The molecule has 0 aromatic rings. The van der Waals surface area contributed by atoms with Gasteiger partial charge in [0.05, 0.1) is 27.3 Å². The molecule has 1 nitrogen and oxygen atoms in total. The fraction of sp³-hybridized carbons (Fsp3) is 0.714. The molecule has 0 spiro atoms. The second kappa shape index (κ2) is 5.00. The first-order valence-electron chi connectivity index (χ1n) is 3.05. The Morgan fingerprint density at radius 3 is 1.78 bits per heavy atom. The van der Waals surface area contributed by atoms with Crippen LogP contribution in [0.5, 0.6) is 0 Å². The number of nitrogens with zero attached hydrogens (tertiary/aromatic N) is 1. The summed E-state index contributed by atoms with van der Waals surface area (Å²) in [5, 5.41) is 0. The normalized spacial score (nSPS) is 11.6. The first-order chi connectivity index (χ1) is 3.56. The molecule has 0 N–H and O–H groups in total. The summed E-state index contributed by atoms with van der Waals surface area (Å²) >= 11 is 0. The molecule has 0 atom stereocenters. The molecule has 0 fully saturated rings. The van der Waals surface area contributed by atoms with Crippen molar-refractivity contribution in [2.45, 2.75) is 13.3 Å². The van der Waals surface area contributed by atoms with E-state index in [9.17, 15) is 0 Å². The second-order valence-electron chi connectivity index (χ2n) is 2.91. The van der Waals surface area contributed by atoms with Gasteiger partial charge in [0.15, 0.2) is 0 Å².